The van der Waals surface area contributed by atoms with E-state index >= 15 is 0 Å². The summed E-state index contributed by atoms with van der Waals surface area (Å²) in [6, 6.07) is 0. The number of Topliss-reactive ketones (excluding diaryl/α,β-unsaturated/α-hetero) is 1. The molecule has 0 aromatic rings. The summed E-state index contributed by atoms with van der Waals surface area (Å²) >= 11 is 5.68. The van der Waals surface area contributed by atoms with Crippen LogP contribution in [0.15, 0.2) is 0 Å². The fourth-order valence-electron chi connectivity index (χ4n) is 1.45. The molecular weight excluding hydrogens is 167 g/mol. The van der Waals surface area contributed by atoms with Gasteiger partial charge < -0.3 is 0 Å². The van der Waals surface area contributed by atoms with Crippen molar-refractivity contribution in [3.05, 3.63) is 0 Å². The van der Waals surface area contributed by atoms with E-state index in [-0.39, 0.29) is 11.7 Å². The van der Waals surface area contributed by atoms with Crippen molar-refractivity contribution in [1.29, 1.82) is 0 Å². The fraction of sp³-hybridized carbons (Fsp3) is 0.875. The molecule has 0 aromatic heterocycles. The van der Waals surface area contributed by atoms with Gasteiger partial charge in [0.2, 0.25) is 0 Å². The quantitative estimate of drug-likeness (QED) is 0.564. The van der Waals surface area contributed by atoms with Gasteiger partial charge in [-0.1, -0.05) is 0 Å². The molecule has 3 atom stereocenters. The van der Waals surface area contributed by atoms with Crippen molar-refractivity contribution in [3.63, 3.8) is 0 Å². The molecule has 0 aliphatic heterocycles. The molecule has 1 aliphatic rings. The number of halogens is 2. The largest absolute Gasteiger partial charge is 0.300 e. The van der Waals surface area contributed by atoms with E-state index in [1.54, 1.807) is 6.92 Å². The second-order valence-corrected chi connectivity index (χ2v) is 3.71. The van der Waals surface area contributed by atoms with Crippen molar-refractivity contribution < 1.29 is 9.18 Å². The molecule has 1 nitrogen and oxygen atoms in total. The minimum Gasteiger partial charge on any atom is -0.300 e. The molecular formula is C8H12ClFO. The Labute approximate surface area is 70.9 Å². The molecule has 1 unspecified atom stereocenters. The van der Waals surface area contributed by atoms with Crippen molar-refractivity contribution in [2.24, 2.45) is 5.92 Å². The Morgan fingerprint density at radius 1 is 1.55 bits per heavy atom. The summed E-state index contributed by atoms with van der Waals surface area (Å²) in [4.78, 5) is 10.9. The first-order valence-corrected chi connectivity index (χ1v) is 4.33. The van der Waals surface area contributed by atoms with Crippen molar-refractivity contribution in [1.82, 2.24) is 0 Å². The molecule has 11 heavy (non-hydrogen) atoms. The molecule has 0 saturated heterocycles. The Morgan fingerprint density at radius 3 is 2.64 bits per heavy atom. The second-order valence-electron chi connectivity index (χ2n) is 3.15. The zero-order valence-corrected chi connectivity index (χ0v) is 7.27. The lowest BCUT2D eigenvalue weighted by atomic mass is 9.85. The molecule has 64 valence electrons. The maximum atomic E-state index is 12.8. The first-order chi connectivity index (χ1) is 5.11. The van der Waals surface area contributed by atoms with Crippen LogP contribution in [-0.2, 0) is 4.79 Å². The normalized spacial score (nSPS) is 38.6. The monoisotopic (exact) mass is 178 g/mol. The van der Waals surface area contributed by atoms with Crippen LogP contribution in [0.1, 0.15) is 26.2 Å². The van der Waals surface area contributed by atoms with Crippen molar-refractivity contribution in [2.75, 3.05) is 0 Å². The maximum absolute atomic E-state index is 12.8. The van der Waals surface area contributed by atoms with Crippen molar-refractivity contribution in [2.45, 2.75) is 37.7 Å². The summed E-state index contributed by atoms with van der Waals surface area (Å²) < 4.78 is 12.8. The number of hydrogen-bond acceptors (Lipinski definition) is 1. The van der Waals surface area contributed by atoms with Gasteiger partial charge in [-0.15, -0.1) is 11.6 Å². The van der Waals surface area contributed by atoms with Gasteiger partial charge in [-0.05, 0) is 26.2 Å². The molecule has 1 fully saturated rings. The number of carbonyl (C=O) groups excluding carboxylic acids is 1. The van der Waals surface area contributed by atoms with Gasteiger partial charge in [-0.3, -0.25) is 4.79 Å². The summed E-state index contributed by atoms with van der Waals surface area (Å²) in [7, 11) is 0. The van der Waals surface area contributed by atoms with Gasteiger partial charge in [0.25, 0.3) is 0 Å². The van der Waals surface area contributed by atoms with Gasteiger partial charge in [-0.2, -0.15) is 0 Å². The van der Waals surface area contributed by atoms with E-state index in [9.17, 15) is 9.18 Å². The molecule has 3 heteroatoms. The molecule has 0 N–H and O–H groups in total. The van der Waals surface area contributed by atoms with Crippen LogP contribution in [0, 0.1) is 5.92 Å². The van der Waals surface area contributed by atoms with Crippen LogP contribution in [0.2, 0.25) is 0 Å². The van der Waals surface area contributed by atoms with E-state index in [1.165, 1.54) is 0 Å². The van der Waals surface area contributed by atoms with E-state index < -0.39 is 11.5 Å². The Hall–Kier alpha value is -0.110. The predicted molar refractivity (Wildman–Crippen MR) is 42.6 cm³/mol. The SMILES string of the molecule is CC(=O)[C@H]1CCC(F)[C@@H](Cl)C1. The average Bonchev–Trinajstić information content (AvgIpc) is 1.94. The minimum absolute atomic E-state index is 0.00417. The van der Waals surface area contributed by atoms with E-state index in [4.69, 9.17) is 11.6 Å². The van der Waals surface area contributed by atoms with E-state index in [1.807, 2.05) is 0 Å². The first kappa shape index (κ1) is 8.98. The summed E-state index contributed by atoms with van der Waals surface area (Å²) in [6.07, 6.45) is 0.711. The lowest BCUT2D eigenvalue weighted by Gasteiger charge is -2.26. The Kier molecular flexibility index (Phi) is 2.88. The van der Waals surface area contributed by atoms with Gasteiger partial charge in [0.15, 0.2) is 0 Å². The van der Waals surface area contributed by atoms with E-state index in [0.29, 0.717) is 19.3 Å². The molecule has 0 radical (unpaired) electrons. The number of carbonyl (C=O) groups is 1. The van der Waals surface area contributed by atoms with Crippen LogP contribution in [0.5, 0.6) is 0 Å². The van der Waals surface area contributed by atoms with Gasteiger partial charge in [-0.25, -0.2) is 4.39 Å². The Bertz CT molecular complexity index is 160. The van der Waals surface area contributed by atoms with Crippen LogP contribution >= 0.6 is 11.6 Å². The second kappa shape index (κ2) is 3.53. The number of ketones is 1. The fourth-order valence-corrected chi connectivity index (χ4v) is 1.79. The minimum atomic E-state index is -0.910. The number of rotatable bonds is 1. The van der Waals surface area contributed by atoms with Crippen LogP contribution in [0.3, 0.4) is 0 Å². The summed E-state index contributed by atoms with van der Waals surface area (Å²) in [5, 5.41) is -0.447. The van der Waals surface area contributed by atoms with Crippen molar-refractivity contribution >= 4 is 17.4 Å². The van der Waals surface area contributed by atoms with Gasteiger partial charge >= 0.3 is 0 Å². The van der Waals surface area contributed by atoms with Crippen LogP contribution in [0.25, 0.3) is 0 Å². The third kappa shape index (κ3) is 2.16. The van der Waals surface area contributed by atoms with Gasteiger partial charge in [0, 0.05) is 5.92 Å². The smallest absolute Gasteiger partial charge is 0.132 e. The molecule has 0 amide bonds. The molecule has 0 spiro atoms. The summed E-state index contributed by atoms with van der Waals surface area (Å²) in [5.74, 6) is 0.145. The molecule has 1 rings (SSSR count). The highest BCUT2D eigenvalue weighted by Gasteiger charge is 2.30. The maximum Gasteiger partial charge on any atom is 0.132 e. The Balaban J connectivity index is 2.46. The lowest BCUT2D eigenvalue weighted by Crippen LogP contribution is -2.29. The highest BCUT2D eigenvalue weighted by atomic mass is 35.5. The molecule has 0 bridgehead atoms. The Morgan fingerprint density at radius 2 is 2.18 bits per heavy atom. The average molecular weight is 179 g/mol. The zero-order chi connectivity index (χ0) is 8.43. The van der Waals surface area contributed by atoms with Crippen molar-refractivity contribution in [3.8, 4) is 0 Å². The molecule has 0 aromatic carbocycles. The third-order valence-corrected chi connectivity index (χ3v) is 2.72. The number of hydrogen-bond donors (Lipinski definition) is 0. The highest BCUT2D eigenvalue weighted by molar-refractivity contribution is 6.21. The van der Waals surface area contributed by atoms with E-state index in [2.05, 4.69) is 0 Å². The zero-order valence-electron chi connectivity index (χ0n) is 6.52. The number of alkyl halides is 2. The van der Waals surface area contributed by atoms with Crippen LogP contribution in [0.4, 0.5) is 4.39 Å². The highest BCUT2D eigenvalue weighted by Crippen LogP contribution is 2.30. The third-order valence-electron chi connectivity index (χ3n) is 2.27. The topological polar surface area (TPSA) is 17.1 Å². The van der Waals surface area contributed by atoms with Gasteiger partial charge in [0.05, 0.1) is 5.38 Å². The first-order valence-electron chi connectivity index (χ1n) is 3.90. The molecule has 1 aliphatic carbocycles. The van der Waals surface area contributed by atoms with Gasteiger partial charge in [0.1, 0.15) is 12.0 Å². The summed E-state index contributed by atoms with van der Waals surface area (Å²) in [5.41, 5.74) is 0. The standard InChI is InChI=1S/C8H12ClFO/c1-5(11)6-2-3-8(10)7(9)4-6/h6-8H,2-4H2,1H3/t6-,7-,8?/m0/s1. The molecule has 0 heterocycles. The molecule has 1 saturated carbocycles. The summed E-state index contributed by atoms with van der Waals surface area (Å²) in [6.45, 7) is 1.55. The predicted octanol–water partition coefficient (Wildman–Crippen LogP) is 2.32. The van der Waals surface area contributed by atoms with Crippen LogP contribution < -0.4 is 0 Å². The van der Waals surface area contributed by atoms with E-state index in [0.717, 1.165) is 0 Å². The van der Waals surface area contributed by atoms with Crippen LogP contribution in [-0.4, -0.2) is 17.3 Å². The lowest BCUT2D eigenvalue weighted by molar-refractivity contribution is -0.121.